The first-order chi connectivity index (χ1) is 28.9. The molecule has 0 unspecified atom stereocenters. The lowest BCUT2D eigenvalue weighted by molar-refractivity contribution is -0.137. The molecule has 0 fully saturated rings. The minimum atomic E-state index is -5.09. The van der Waals surface area contributed by atoms with Gasteiger partial charge >= 0.3 is 6.18 Å². The van der Waals surface area contributed by atoms with E-state index in [1.807, 2.05) is 0 Å². The van der Waals surface area contributed by atoms with Gasteiger partial charge in [-0.15, -0.1) is 0 Å². The number of hydrogen-bond acceptors (Lipinski definition) is 5. The van der Waals surface area contributed by atoms with Crippen molar-refractivity contribution >= 4 is 187 Å². The number of thioether (sulfide) groups is 1. The summed E-state index contributed by atoms with van der Waals surface area (Å²) >= 11 is 0.667. The molecule has 27 heteroatoms. The first kappa shape index (κ1) is 51.1. The molecule has 32 radical (unpaired) electrons. The molecule has 1 aromatic heterocycles. The molecule has 1 amide bonds. The second kappa shape index (κ2) is 18.0. The summed E-state index contributed by atoms with van der Waals surface area (Å²) < 4.78 is 55.3. The molecule has 1 aliphatic rings. The summed E-state index contributed by atoms with van der Waals surface area (Å²) in [7, 11) is 104. The van der Waals surface area contributed by atoms with E-state index in [4.69, 9.17) is 126 Å². The fourth-order valence-electron chi connectivity index (χ4n) is 7.90. The summed E-state index contributed by atoms with van der Waals surface area (Å²) in [6.45, 7) is 2.75. The highest BCUT2D eigenvalue weighted by atomic mass is 32.2. The Kier molecular flexibility index (Phi) is 14.6. The third-order valence-corrected chi connectivity index (χ3v) is 12.3. The van der Waals surface area contributed by atoms with E-state index < -0.39 is 117 Å². The van der Waals surface area contributed by atoms with Gasteiger partial charge in [-0.3, -0.25) is 9.59 Å². The molecular weight excluding hydrogens is 801 g/mol. The van der Waals surface area contributed by atoms with Crippen LogP contribution in [0.5, 0.6) is 0 Å². The van der Waals surface area contributed by atoms with Crippen LogP contribution in [-0.2, 0) is 40.2 Å². The molecule has 0 atom stereocenters. The van der Waals surface area contributed by atoms with Gasteiger partial charge in [-0.2, -0.15) is 18.2 Å². The number of halogens is 4. The van der Waals surface area contributed by atoms with E-state index in [0.29, 0.717) is 35.2 Å². The van der Waals surface area contributed by atoms with Crippen molar-refractivity contribution < 1.29 is 22.4 Å². The maximum atomic E-state index is 15.2. The Morgan fingerprint density at radius 3 is 1.62 bits per heavy atom. The number of hydrogen-bond donors (Lipinski definition) is 0. The lowest BCUT2D eigenvalue weighted by atomic mass is 9.34. The third-order valence-electron chi connectivity index (χ3n) is 11.2. The first-order valence-corrected chi connectivity index (χ1v) is 19.8. The van der Waals surface area contributed by atoms with E-state index in [2.05, 4.69) is 4.98 Å². The normalized spacial score (nSPS) is 13.6. The summed E-state index contributed by atoms with van der Waals surface area (Å²) in [5.74, 6) is -1.71. The number of benzene rings is 3. The number of alkyl halides is 3. The molecule has 1 heterocycles. The van der Waals surface area contributed by atoms with Crippen LogP contribution >= 0.6 is 11.8 Å². The van der Waals surface area contributed by atoms with Gasteiger partial charge < -0.3 is 14.4 Å². The molecule has 0 spiro atoms. The Morgan fingerprint density at radius 2 is 1.17 bits per heavy atom. The Hall–Kier alpha value is -2.92. The molecule has 3 aromatic carbocycles. The van der Waals surface area contributed by atoms with Crippen molar-refractivity contribution in [3.8, 4) is 11.1 Å². The van der Waals surface area contributed by atoms with Gasteiger partial charge in [0.05, 0.1) is 62.8 Å². The molecule has 63 heavy (non-hydrogen) atoms. The average molecular weight is 824 g/mol. The van der Waals surface area contributed by atoms with E-state index in [9.17, 15) is 22.4 Å². The van der Waals surface area contributed by atoms with Gasteiger partial charge in [-0.1, -0.05) is 87.0 Å². The van der Waals surface area contributed by atoms with Gasteiger partial charge in [0.2, 0.25) is 5.91 Å². The second-order valence-electron chi connectivity index (χ2n) is 15.2. The summed E-state index contributed by atoms with van der Waals surface area (Å²) in [5.41, 5.74) is -8.65. The number of likely N-dealkylation sites (N-methyl/N-ethyl adjacent to an activating group) is 1. The van der Waals surface area contributed by atoms with Crippen molar-refractivity contribution in [1.82, 2.24) is 19.4 Å². The smallest absolute Gasteiger partial charge is 0.360 e. The maximum Gasteiger partial charge on any atom is 0.415 e. The number of nitrogens with zero attached hydrogens (tertiary/aromatic N) is 4. The molecule has 4 aromatic rings. The molecule has 0 saturated heterocycles. The van der Waals surface area contributed by atoms with E-state index in [1.54, 1.807) is 13.8 Å². The lowest BCUT2D eigenvalue weighted by Gasteiger charge is -2.62. The molecule has 1 aliphatic carbocycles. The van der Waals surface area contributed by atoms with E-state index >= 15 is 4.79 Å². The molecule has 280 valence electrons. The number of fused-ring (bicyclic) bond motifs is 1. The zero-order chi connectivity index (χ0) is 47.7. The Bertz CT molecular complexity index is 2480. The van der Waals surface area contributed by atoms with Crippen molar-refractivity contribution in [2.45, 2.75) is 71.5 Å². The fraction of sp³-hybridized carbons (Fsp3) is 0.361. The summed E-state index contributed by atoms with van der Waals surface area (Å²) in [5, 5.41) is -8.28. The molecular formula is C36H22B16F4N4O2S. The molecule has 0 aliphatic heterocycles. The van der Waals surface area contributed by atoms with Gasteiger partial charge in [-0.05, 0) is 81.7 Å². The number of rotatable bonds is 13. The zero-order valence-electron chi connectivity index (χ0n) is 34.3. The van der Waals surface area contributed by atoms with Crippen LogP contribution in [0.4, 0.5) is 17.6 Å². The summed E-state index contributed by atoms with van der Waals surface area (Å²) in [6.07, 6.45) is -4.02. The predicted octanol–water partition coefficient (Wildman–Crippen LogP) is -6.55. The average Bonchev–Trinajstić information content (AvgIpc) is 3.67. The largest absolute Gasteiger partial charge is 0.415 e. The van der Waals surface area contributed by atoms with Gasteiger partial charge in [-0.25, -0.2) is 4.39 Å². The SMILES string of the molecule is [B]c1c([B])c(C(F)(F)F)c([B])c([B])c1-c1c([B])c([B])c(C([B])([B])N(C(=O)Cn2c(SC([B])([B])c3ccc(F)cc3)nc(=O)c3c2CCC3)C([B])([B])C([B])([B])N(CC)CC)c([B])c1[B]. The van der Waals surface area contributed by atoms with Crippen LogP contribution < -0.4 is 49.3 Å². The molecule has 5 rings (SSSR count). The van der Waals surface area contributed by atoms with Crippen molar-refractivity contribution in [2.75, 3.05) is 13.1 Å². The number of aromatic nitrogens is 2. The van der Waals surface area contributed by atoms with Gasteiger partial charge in [0.1, 0.15) is 75.1 Å². The second-order valence-corrected chi connectivity index (χ2v) is 16.4. The topological polar surface area (TPSA) is 58.4 Å². The van der Waals surface area contributed by atoms with Crippen LogP contribution in [0.3, 0.4) is 0 Å². The third kappa shape index (κ3) is 8.90. The van der Waals surface area contributed by atoms with Crippen molar-refractivity contribution in [2.24, 2.45) is 0 Å². The maximum absolute atomic E-state index is 15.2. The highest BCUT2D eigenvalue weighted by Crippen LogP contribution is 2.38. The highest BCUT2D eigenvalue weighted by molar-refractivity contribution is 8.02. The summed E-state index contributed by atoms with van der Waals surface area (Å²) in [4.78, 5) is 34.7. The first-order valence-electron chi connectivity index (χ1n) is 19.0. The Labute approximate surface area is 390 Å². The van der Waals surface area contributed by atoms with Crippen molar-refractivity contribution in [3.63, 3.8) is 0 Å². The number of amides is 1. The zero-order valence-corrected chi connectivity index (χ0v) is 35.1. The minimum absolute atomic E-state index is 0.112. The minimum Gasteiger partial charge on any atom is -0.360 e. The van der Waals surface area contributed by atoms with Crippen LogP contribution in [0.15, 0.2) is 34.2 Å². The lowest BCUT2D eigenvalue weighted by Crippen LogP contribution is -2.78. The van der Waals surface area contributed by atoms with E-state index in [0.717, 1.165) is 12.1 Å². The van der Waals surface area contributed by atoms with Crippen LogP contribution in [0, 0.1) is 5.82 Å². The standard InChI is InChI=1S/C36H22B16F4N4O2S/c1-3-58(4-2)35(49,50)36(51,52)60(17(61)12-59-16-7-5-6-15(16)30(62)57-31(59)63-33(47,48)13-8-10-14(53)11-9-13)32(45,46)20-26(41)22(37)18(23(38)27(20)42)19-24(39)28(43)21(34(54,55)56)29(44)25(19)40/h8-11H,3-7,12H2,1-2H3. The van der Waals surface area contributed by atoms with Crippen molar-refractivity contribution in [3.05, 3.63) is 68.4 Å². The van der Waals surface area contributed by atoms with Gasteiger partial charge in [0, 0.05) is 16.8 Å². The van der Waals surface area contributed by atoms with Gasteiger partial charge in [0.25, 0.3) is 5.56 Å². The quantitative estimate of drug-likeness (QED) is 0.0582. The van der Waals surface area contributed by atoms with Crippen LogP contribution in [0.1, 0.15) is 48.2 Å². The van der Waals surface area contributed by atoms with Crippen molar-refractivity contribution in [1.29, 1.82) is 0 Å². The van der Waals surface area contributed by atoms with Crippen LogP contribution in [0.25, 0.3) is 11.1 Å². The monoisotopic (exact) mass is 826 g/mol. The number of carbonyl (C=O) groups excluding carboxylic acids is 1. The van der Waals surface area contributed by atoms with Crippen LogP contribution in [-0.4, -0.2) is 175 Å². The van der Waals surface area contributed by atoms with E-state index in [1.165, 1.54) is 21.6 Å². The fourth-order valence-corrected chi connectivity index (χ4v) is 8.87. The molecule has 0 saturated carbocycles. The van der Waals surface area contributed by atoms with Crippen LogP contribution in [0.2, 0.25) is 0 Å². The Balaban J connectivity index is 1.77. The van der Waals surface area contributed by atoms with E-state index in [-0.39, 0.29) is 35.8 Å². The van der Waals surface area contributed by atoms with Gasteiger partial charge in [0.15, 0.2) is 5.16 Å². The molecule has 6 nitrogen and oxygen atoms in total. The number of carbonyl (C=O) groups is 1. The highest BCUT2D eigenvalue weighted by Gasteiger charge is 2.50. The summed E-state index contributed by atoms with van der Waals surface area (Å²) in [6, 6.07) is 4.91. The molecule has 0 N–H and O–H groups in total. The molecule has 0 bridgehead atoms. The Morgan fingerprint density at radius 1 is 0.714 bits per heavy atom. The predicted molar refractivity (Wildman–Crippen MR) is 257 cm³/mol.